The minimum absolute atomic E-state index is 0.0792. The standard InChI is InChI=1S/C44H35BrN2/c1-28-19-26-39(45)42-36-15-7-9-17-41(36)47(43(28)42)31-22-20-30(21-23-31)46(40-18-10-12-29-11-4-5-13-33(29)40)32-24-25-35-34-14-6-8-16-37(34)44(2,3)38(35)27-32/h4-18,20-28H,19H2,1-3H3. The average molecular weight is 672 g/mol. The molecule has 0 radical (unpaired) electrons. The Morgan fingerprint density at radius 2 is 1.36 bits per heavy atom. The van der Waals surface area contributed by atoms with Gasteiger partial charge in [0.1, 0.15) is 0 Å². The molecule has 0 fully saturated rings. The topological polar surface area (TPSA) is 8.17 Å². The van der Waals surface area contributed by atoms with E-state index in [1.165, 1.54) is 76.7 Å². The van der Waals surface area contributed by atoms with Crippen molar-refractivity contribution >= 4 is 59.1 Å². The van der Waals surface area contributed by atoms with Gasteiger partial charge in [0.25, 0.3) is 0 Å². The van der Waals surface area contributed by atoms with Crippen LogP contribution < -0.4 is 4.90 Å². The number of hydrogen-bond donors (Lipinski definition) is 0. The molecule has 9 rings (SSSR count). The van der Waals surface area contributed by atoms with E-state index < -0.39 is 0 Å². The molecule has 1 heterocycles. The van der Waals surface area contributed by atoms with Crippen LogP contribution in [0.3, 0.4) is 0 Å². The molecule has 228 valence electrons. The number of benzene rings is 6. The fraction of sp³-hybridized carbons (Fsp3) is 0.136. The van der Waals surface area contributed by atoms with E-state index >= 15 is 0 Å². The molecule has 2 aliphatic carbocycles. The fourth-order valence-electron chi connectivity index (χ4n) is 8.16. The molecule has 6 aromatic carbocycles. The summed E-state index contributed by atoms with van der Waals surface area (Å²) < 4.78 is 3.67. The minimum atomic E-state index is -0.0792. The summed E-state index contributed by atoms with van der Waals surface area (Å²) in [5, 5.41) is 3.76. The lowest BCUT2D eigenvalue weighted by molar-refractivity contribution is 0.660. The molecule has 0 saturated heterocycles. The Morgan fingerprint density at radius 1 is 0.681 bits per heavy atom. The summed E-state index contributed by atoms with van der Waals surface area (Å²) in [6.07, 6.45) is 3.35. The van der Waals surface area contributed by atoms with E-state index in [0.717, 1.165) is 12.1 Å². The predicted octanol–water partition coefficient (Wildman–Crippen LogP) is 12.8. The fourth-order valence-corrected chi connectivity index (χ4v) is 8.77. The number of halogens is 1. The van der Waals surface area contributed by atoms with Crippen LogP contribution in [0.15, 0.2) is 140 Å². The van der Waals surface area contributed by atoms with Crippen molar-refractivity contribution in [2.45, 2.75) is 38.5 Å². The lowest BCUT2D eigenvalue weighted by atomic mass is 9.82. The first-order chi connectivity index (χ1) is 22.9. The van der Waals surface area contributed by atoms with E-state index in [0.29, 0.717) is 5.92 Å². The SMILES string of the molecule is CC1CC=C(Br)c2c1n(-c1ccc(N(c3ccc4c(c3)C(C)(C)c3ccccc3-4)c3cccc4ccccc34)cc1)c1ccccc21. The summed E-state index contributed by atoms with van der Waals surface area (Å²) in [5.41, 5.74) is 14.0. The van der Waals surface area contributed by atoms with E-state index in [-0.39, 0.29) is 5.41 Å². The second kappa shape index (κ2) is 10.6. The van der Waals surface area contributed by atoms with Crippen LogP contribution in [-0.4, -0.2) is 4.57 Å². The highest BCUT2D eigenvalue weighted by Gasteiger charge is 2.36. The molecule has 0 amide bonds. The van der Waals surface area contributed by atoms with Gasteiger partial charge in [0, 0.05) is 54.9 Å². The Morgan fingerprint density at radius 3 is 2.21 bits per heavy atom. The van der Waals surface area contributed by atoms with E-state index in [2.05, 4.69) is 186 Å². The number of hydrogen-bond acceptors (Lipinski definition) is 1. The summed E-state index contributed by atoms with van der Waals surface area (Å²) in [7, 11) is 0. The maximum Gasteiger partial charge on any atom is 0.0540 e. The summed E-state index contributed by atoms with van der Waals surface area (Å²) in [6.45, 7) is 7.05. The maximum atomic E-state index is 3.90. The van der Waals surface area contributed by atoms with Crippen molar-refractivity contribution in [1.82, 2.24) is 4.57 Å². The summed E-state index contributed by atoms with van der Waals surface area (Å²) in [5.74, 6) is 0.421. The van der Waals surface area contributed by atoms with Gasteiger partial charge in [0.05, 0.1) is 11.2 Å². The number of aromatic nitrogens is 1. The summed E-state index contributed by atoms with van der Waals surface area (Å²) in [6, 6.07) is 49.3. The molecule has 47 heavy (non-hydrogen) atoms. The van der Waals surface area contributed by atoms with Gasteiger partial charge in [0.15, 0.2) is 0 Å². The highest BCUT2D eigenvalue weighted by molar-refractivity contribution is 9.15. The number of rotatable bonds is 4. The van der Waals surface area contributed by atoms with Crippen molar-refractivity contribution in [3.05, 3.63) is 162 Å². The molecule has 0 bridgehead atoms. The molecule has 0 N–H and O–H groups in total. The Labute approximate surface area is 284 Å². The van der Waals surface area contributed by atoms with Crippen molar-refractivity contribution in [3.63, 3.8) is 0 Å². The van der Waals surface area contributed by atoms with Crippen LogP contribution in [-0.2, 0) is 5.41 Å². The molecule has 1 aromatic heterocycles. The van der Waals surface area contributed by atoms with Gasteiger partial charge in [-0.1, -0.05) is 128 Å². The first kappa shape index (κ1) is 28.4. The van der Waals surface area contributed by atoms with Crippen molar-refractivity contribution in [1.29, 1.82) is 0 Å². The molecule has 1 unspecified atom stereocenters. The minimum Gasteiger partial charge on any atom is -0.313 e. The number of nitrogens with zero attached hydrogens (tertiary/aromatic N) is 2. The Balaban J connectivity index is 1.23. The largest absolute Gasteiger partial charge is 0.313 e. The van der Waals surface area contributed by atoms with E-state index in [1.807, 2.05) is 0 Å². The predicted molar refractivity (Wildman–Crippen MR) is 203 cm³/mol. The molecule has 3 heteroatoms. The second-order valence-electron chi connectivity index (χ2n) is 13.6. The van der Waals surface area contributed by atoms with Gasteiger partial charge in [-0.3, -0.25) is 0 Å². The smallest absolute Gasteiger partial charge is 0.0540 e. The van der Waals surface area contributed by atoms with Crippen molar-refractivity contribution in [2.75, 3.05) is 4.90 Å². The molecule has 0 saturated carbocycles. The quantitative estimate of drug-likeness (QED) is 0.181. The zero-order chi connectivity index (χ0) is 31.9. The molecule has 1 atom stereocenters. The lowest BCUT2D eigenvalue weighted by Crippen LogP contribution is -2.16. The number of anilines is 3. The van der Waals surface area contributed by atoms with Gasteiger partial charge in [-0.15, -0.1) is 0 Å². The zero-order valence-corrected chi connectivity index (χ0v) is 28.4. The Bertz CT molecular complexity index is 2390. The molecule has 0 spiro atoms. The van der Waals surface area contributed by atoms with Gasteiger partial charge >= 0.3 is 0 Å². The normalized spacial score (nSPS) is 16.1. The third kappa shape index (κ3) is 4.22. The van der Waals surface area contributed by atoms with Crippen LogP contribution in [0.4, 0.5) is 17.1 Å². The van der Waals surface area contributed by atoms with Gasteiger partial charge < -0.3 is 9.47 Å². The number of para-hydroxylation sites is 1. The van der Waals surface area contributed by atoms with Gasteiger partial charge in [-0.2, -0.15) is 0 Å². The highest BCUT2D eigenvalue weighted by Crippen LogP contribution is 2.51. The van der Waals surface area contributed by atoms with Gasteiger partial charge in [0.2, 0.25) is 0 Å². The van der Waals surface area contributed by atoms with Crippen molar-refractivity contribution in [3.8, 4) is 16.8 Å². The third-order valence-corrected chi connectivity index (χ3v) is 11.2. The van der Waals surface area contributed by atoms with Crippen LogP contribution in [0.5, 0.6) is 0 Å². The first-order valence-corrected chi connectivity index (χ1v) is 17.3. The maximum absolute atomic E-state index is 3.90. The molecule has 7 aromatic rings. The van der Waals surface area contributed by atoms with Crippen LogP contribution in [0.1, 0.15) is 55.5 Å². The third-order valence-electron chi connectivity index (χ3n) is 10.5. The summed E-state index contributed by atoms with van der Waals surface area (Å²) >= 11 is 3.90. The van der Waals surface area contributed by atoms with Crippen LogP contribution >= 0.6 is 15.9 Å². The highest BCUT2D eigenvalue weighted by atomic mass is 79.9. The Kier molecular flexibility index (Phi) is 6.39. The molecule has 0 aliphatic heterocycles. The van der Waals surface area contributed by atoms with Crippen molar-refractivity contribution in [2.24, 2.45) is 0 Å². The van der Waals surface area contributed by atoms with E-state index in [1.54, 1.807) is 0 Å². The number of fused-ring (bicyclic) bond motifs is 7. The molecule has 2 aliphatic rings. The number of allylic oxidation sites excluding steroid dienone is 1. The zero-order valence-electron chi connectivity index (χ0n) is 26.8. The van der Waals surface area contributed by atoms with Crippen molar-refractivity contribution < 1.29 is 0 Å². The van der Waals surface area contributed by atoms with E-state index in [4.69, 9.17) is 0 Å². The Hall–Kier alpha value is -4.86. The monoisotopic (exact) mass is 670 g/mol. The van der Waals surface area contributed by atoms with Gasteiger partial charge in [-0.05, 0) is 82.6 Å². The summed E-state index contributed by atoms with van der Waals surface area (Å²) in [4.78, 5) is 2.44. The van der Waals surface area contributed by atoms with Crippen LogP contribution in [0.2, 0.25) is 0 Å². The average Bonchev–Trinajstić information content (AvgIpc) is 3.57. The molecule has 2 nitrogen and oxygen atoms in total. The van der Waals surface area contributed by atoms with E-state index in [9.17, 15) is 0 Å². The molecular formula is C44H35BrN2. The van der Waals surface area contributed by atoms with Crippen LogP contribution in [0.25, 0.3) is 43.0 Å². The molecular weight excluding hydrogens is 636 g/mol. The lowest BCUT2D eigenvalue weighted by Gasteiger charge is -2.29. The second-order valence-corrected chi connectivity index (χ2v) is 14.4. The van der Waals surface area contributed by atoms with Crippen LogP contribution in [0, 0.1) is 0 Å². The van der Waals surface area contributed by atoms with Gasteiger partial charge in [-0.25, -0.2) is 0 Å². The first-order valence-electron chi connectivity index (χ1n) is 16.5.